The minimum absolute atomic E-state index is 0.0290. The van der Waals surface area contributed by atoms with Gasteiger partial charge in [0, 0.05) is 55.4 Å². The van der Waals surface area contributed by atoms with Crippen LogP contribution in [0, 0.1) is 0 Å². The molecule has 0 amide bonds. The molecule has 0 aliphatic heterocycles. The fraction of sp³-hybridized carbons (Fsp3) is 0.0469. The van der Waals surface area contributed by atoms with E-state index >= 15 is 0 Å². The number of hydrogen-bond donors (Lipinski definition) is 0. The van der Waals surface area contributed by atoms with Gasteiger partial charge < -0.3 is 8.98 Å². The molecule has 0 N–H and O–H groups in total. The van der Waals surface area contributed by atoms with Crippen molar-refractivity contribution in [3.05, 3.63) is 241 Å². The van der Waals surface area contributed by atoms with Crippen molar-refractivity contribution >= 4 is 54.5 Å². The van der Waals surface area contributed by atoms with Crippen LogP contribution in [-0.4, -0.2) is 19.5 Å². The van der Waals surface area contributed by atoms with Crippen LogP contribution in [-0.2, 0) is 6.42 Å². The van der Waals surface area contributed by atoms with Gasteiger partial charge >= 0.3 is 0 Å². The van der Waals surface area contributed by atoms with Gasteiger partial charge in [-0.2, -0.15) is 0 Å². The molecule has 3 aromatic heterocycles. The second kappa shape index (κ2) is 15.9. The molecule has 10 aromatic carbocycles. The third kappa shape index (κ3) is 6.50. The van der Waals surface area contributed by atoms with Crippen LogP contribution in [0.3, 0.4) is 0 Å². The second-order valence-corrected chi connectivity index (χ2v) is 18.2. The zero-order chi connectivity index (χ0) is 45.4. The lowest BCUT2D eigenvalue weighted by Crippen LogP contribution is -2.05. The van der Waals surface area contributed by atoms with E-state index in [2.05, 4.69) is 223 Å². The third-order valence-electron chi connectivity index (χ3n) is 14.3. The maximum absolute atomic E-state index is 6.93. The highest BCUT2D eigenvalue weighted by molar-refractivity contribution is 6.13. The van der Waals surface area contributed by atoms with Crippen LogP contribution in [0.5, 0.6) is 0 Å². The van der Waals surface area contributed by atoms with E-state index in [-0.39, 0.29) is 5.92 Å². The number of fused-ring (bicyclic) bond motifs is 10. The number of nitrogens with zero attached hydrogens (tertiary/aromatic N) is 4. The Bertz CT molecular complexity index is 4130. The molecule has 0 unspecified atom stereocenters. The normalized spacial score (nSPS) is 13.5. The molecule has 324 valence electrons. The molecule has 0 bridgehead atoms. The summed E-state index contributed by atoms with van der Waals surface area (Å²) >= 11 is 0. The number of rotatable bonds is 6. The largest absolute Gasteiger partial charge is 0.456 e. The van der Waals surface area contributed by atoms with Crippen LogP contribution in [0.1, 0.15) is 29.0 Å². The monoisotopic (exact) mass is 882 g/mol. The minimum Gasteiger partial charge on any atom is -0.456 e. The number of aryl methyl sites for hydroxylation is 1. The average molecular weight is 883 g/mol. The number of hydrogen-bond acceptors (Lipinski definition) is 4. The lowest BCUT2D eigenvalue weighted by atomic mass is 9.84. The molecule has 0 spiro atoms. The van der Waals surface area contributed by atoms with Crippen molar-refractivity contribution in [2.45, 2.75) is 18.8 Å². The van der Waals surface area contributed by atoms with E-state index in [0.717, 1.165) is 90.3 Å². The Morgan fingerprint density at radius 2 is 1.03 bits per heavy atom. The number of para-hydroxylation sites is 4. The van der Waals surface area contributed by atoms with Gasteiger partial charge in [-0.1, -0.05) is 176 Å². The van der Waals surface area contributed by atoms with Crippen molar-refractivity contribution in [2.24, 2.45) is 0 Å². The maximum atomic E-state index is 6.93. The van der Waals surface area contributed by atoms with Gasteiger partial charge in [-0.15, -0.1) is 0 Å². The van der Waals surface area contributed by atoms with Crippen LogP contribution in [0.15, 0.2) is 229 Å². The Morgan fingerprint density at radius 1 is 0.406 bits per heavy atom. The predicted octanol–water partition coefficient (Wildman–Crippen LogP) is 16.4. The van der Waals surface area contributed by atoms with Crippen molar-refractivity contribution in [3.63, 3.8) is 0 Å². The molecule has 69 heavy (non-hydrogen) atoms. The van der Waals surface area contributed by atoms with Gasteiger partial charge in [-0.3, -0.25) is 0 Å². The summed E-state index contributed by atoms with van der Waals surface area (Å²) in [5.74, 6) is 1.84. The zero-order valence-corrected chi connectivity index (χ0v) is 37.6. The average Bonchev–Trinajstić information content (AvgIpc) is 3.92. The second-order valence-electron chi connectivity index (χ2n) is 18.2. The summed E-state index contributed by atoms with van der Waals surface area (Å²) in [5, 5.41) is 6.94. The molecule has 1 atom stereocenters. The molecular formula is C64H42N4O. The van der Waals surface area contributed by atoms with Crippen LogP contribution < -0.4 is 0 Å². The summed E-state index contributed by atoms with van der Waals surface area (Å²) in [6, 6.07) is 80.2. The number of benzene rings is 10. The van der Waals surface area contributed by atoms with Crippen molar-refractivity contribution in [1.82, 2.24) is 19.5 Å². The molecule has 5 heteroatoms. The van der Waals surface area contributed by atoms with E-state index in [1.54, 1.807) is 0 Å². The highest BCUT2D eigenvalue weighted by Gasteiger charge is 2.29. The molecule has 0 saturated heterocycles. The van der Waals surface area contributed by atoms with Gasteiger partial charge in [0.15, 0.2) is 17.5 Å². The Kier molecular flexibility index (Phi) is 9.02. The van der Waals surface area contributed by atoms with Crippen molar-refractivity contribution < 1.29 is 4.42 Å². The van der Waals surface area contributed by atoms with E-state index in [9.17, 15) is 0 Å². The molecule has 13 aromatic rings. The van der Waals surface area contributed by atoms with Gasteiger partial charge in [-0.05, 0) is 106 Å². The van der Waals surface area contributed by atoms with Gasteiger partial charge in [0.05, 0.1) is 11.0 Å². The summed E-state index contributed by atoms with van der Waals surface area (Å²) in [5.41, 5.74) is 16.4. The topological polar surface area (TPSA) is 56.7 Å². The third-order valence-corrected chi connectivity index (χ3v) is 14.3. The number of furan rings is 1. The van der Waals surface area contributed by atoms with E-state index in [1.807, 2.05) is 6.07 Å². The van der Waals surface area contributed by atoms with E-state index in [1.165, 1.54) is 38.4 Å². The van der Waals surface area contributed by atoms with Crippen LogP contribution in [0.2, 0.25) is 0 Å². The minimum atomic E-state index is 0.0290. The summed E-state index contributed by atoms with van der Waals surface area (Å²) in [4.78, 5) is 16.4. The zero-order valence-electron chi connectivity index (χ0n) is 37.6. The standard InChI is InChI=1S/C64H42N4O/c1-3-16-40(17-4-1)41-30-32-42(33-31-41)62-65-63(67-64(66-62)54-27-15-26-53-51-24-11-13-28-58(51)68(60(53)54)47-20-5-2-6-21-47)46-38-56(61-57(39-46)52-25-12-14-29-59(52)69-61)50-35-34-45-36-43-18-7-8-19-44(43)37-55(45)49-23-10-9-22-48(49)50/h1-33,36-39,50H,34-35H2/t50-/m1/s1. The molecule has 0 fully saturated rings. The molecule has 5 nitrogen and oxygen atoms in total. The maximum Gasteiger partial charge on any atom is 0.166 e. The first kappa shape index (κ1) is 39.3. The van der Waals surface area contributed by atoms with E-state index < -0.39 is 0 Å². The Morgan fingerprint density at radius 3 is 1.87 bits per heavy atom. The van der Waals surface area contributed by atoms with Crippen LogP contribution >= 0.6 is 0 Å². The van der Waals surface area contributed by atoms with Crippen LogP contribution in [0.25, 0.3) is 117 Å². The summed E-state index contributed by atoms with van der Waals surface area (Å²) < 4.78 is 9.28. The number of aromatic nitrogens is 4. The smallest absolute Gasteiger partial charge is 0.166 e. The lowest BCUT2D eigenvalue weighted by Gasteiger charge is -2.20. The molecule has 14 rings (SSSR count). The van der Waals surface area contributed by atoms with Gasteiger partial charge in [0.2, 0.25) is 0 Å². The summed E-state index contributed by atoms with van der Waals surface area (Å²) in [6.45, 7) is 0. The van der Waals surface area contributed by atoms with Crippen molar-refractivity contribution in [2.75, 3.05) is 0 Å². The van der Waals surface area contributed by atoms with Gasteiger partial charge in [-0.25, -0.2) is 15.0 Å². The summed E-state index contributed by atoms with van der Waals surface area (Å²) in [7, 11) is 0. The SMILES string of the molecule is c1ccc(-c2ccc(-c3nc(-c4cc([C@@H]5CCc6cc7ccccc7cc6-c6ccccc65)c5oc6ccccc6c5c4)nc(-c4cccc5c6ccccc6n(-c6ccccc6)c45)n3)cc2)cc1. The van der Waals surface area contributed by atoms with Crippen LogP contribution in [0.4, 0.5) is 0 Å². The first-order chi connectivity index (χ1) is 34.2. The first-order valence-electron chi connectivity index (χ1n) is 23.8. The summed E-state index contributed by atoms with van der Waals surface area (Å²) in [6.07, 6.45) is 1.83. The highest BCUT2D eigenvalue weighted by Crippen LogP contribution is 2.47. The van der Waals surface area contributed by atoms with Crippen molar-refractivity contribution in [3.8, 4) is 62.1 Å². The fourth-order valence-corrected chi connectivity index (χ4v) is 11.1. The lowest BCUT2D eigenvalue weighted by molar-refractivity contribution is 0.647. The Balaban J connectivity index is 1.02. The molecule has 1 aliphatic carbocycles. The molecule has 0 saturated carbocycles. The molecule has 3 heterocycles. The highest BCUT2D eigenvalue weighted by atomic mass is 16.3. The quantitative estimate of drug-likeness (QED) is 0.167. The Hall–Kier alpha value is -8.93. The Labute approximate surface area is 398 Å². The van der Waals surface area contributed by atoms with Crippen molar-refractivity contribution in [1.29, 1.82) is 0 Å². The van der Waals surface area contributed by atoms with Gasteiger partial charge in [0.25, 0.3) is 0 Å². The first-order valence-corrected chi connectivity index (χ1v) is 23.8. The molecular weight excluding hydrogens is 841 g/mol. The molecule has 1 aliphatic rings. The van der Waals surface area contributed by atoms with Gasteiger partial charge in [0.1, 0.15) is 11.2 Å². The fourth-order valence-electron chi connectivity index (χ4n) is 11.1. The molecule has 0 radical (unpaired) electrons. The van der Waals surface area contributed by atoms with E-state index in [4.69, 9.17) is 19.4 Å². The van der Waals surface area contributed by atoms with E-state index in [0.29, 0.717) is 17.5 Å². The predicted molar refractivity (Wildman–Crippen MR) is 283 cm³/mol.